The molecule has 1 unspecified atom stereocenters. The maximum atomic E-state index is 10.6. The van der Waals surface area contributed by atoms with Crippen molar-refractivity contribution in [2.45, 2.75) is 32.8 Å². The van der Waals surface area contributed by atoms with Gasteiger partial charge in [-0.15, -0.1) is 0 Å². The normalized spacial score (nSPS) is 20.0. The summed E-state index contributed by atoms with van der Waals surface area (Å²) >= 11 is 0. The molecule has 1 aliphatic rings. The molecule has 0 bridgehead atoms. The molecule has 1 fully saturated rings. The van der Waals surface area contributed by atoms with Crippen molar-refractivity contribution in [1.82, 2.24) is 4.90 Å². The monoisotopic (exact) mass is 293 g/mol. The second-order valence-electron chi connectivity index (χ2n) is 6.63. The Morgan fingerprint density at radius 2 is 2.05 bits per heavy atom. The maximum Gasteiger partial charge on any atom is 0.128 e. The quantitative estimate of drug-likeness (QED) is 0.906. The molecule has 1 atom stereocenters. The van der Waals surface area contributed by atoms with E-state index in [9.17, 15) is 5.11 Å². The van der Waals surface area contributed by atoms with E-state index in [4.69, 9.17) is 9.47 Å². The Morgan fingerprint density at radius 1 is 1.29 bits per heavy atom. The number of piperidine rings is 1. The Labute approximate surface area is 127 Å². The van der Waals surface area contributed by atoms with Gasteiger partial charge in [0.05, 0.1) is 20.3 Å². The fourth-order valence-electron chi connectivity index (χ4n) is 3.14. The highest BCUT2D eigenvalue weighted by molar-refractivity contribution is 5.42. The second kappa shape index (κ2) is 6.67. The predicted octanol–water partition coefficient (Wildman–Crippen LogP) is 2.86. The van der Waals surface area contributed by atoms with E-state index < -0.39 is 6.10 Å². The molecule has 1 aliphatic heterocycles. The molecule has 4 heteroatoms. The van der Waals surface area contributed by atoms with Crippen molar-refractivity contribution in [2.24, 2.45) is 5.41 Å². The first-order valence-electron chi connectivity index (χ1n) is 7.57. The van der Waals surface area contributed by atoms with E-state index in [1.165, 1.54) is 12.8 Å². The number of β-amino-alcohol motifs (C(OH)–C–C–N with tert-alkyl or cyclic N) is 1. The van der Waals surface area contributed by atoms with Gasteiger partial charge >= 0.3 is 0 Å². The number of aliphatic hydroxyl groups excluding tert-OH is 1. The van der Waals surface area contributed by atoms with Gasteiger partial charge in [-0.3, -0.25) is 4.90 Å². The Bertz CT molecular complexity index is 473. The summed E-state index contributed by atoms with van der Waals surface area (Å²) in [6, 6.07) is 5.57. The molecule has 1 N–H and O–H groups in total. The number of likely N-dealkylation sites (tertiary alicyclic amines) is 1. The first-order chi connectivity index (χ1) is 9.95. The molecule has 4 nitrogen and oxygen atoms in total. The lowest BCUT2D eigenvalue weighted by molar-refractivity contribution is 0.0587. The Hall–Kier alpha value is -1.26. The van der Waals surface area contributed by atoms with E-state index in [2.05, 4.69) is 18.7 Å². The van der Waals surface area contributed by atoms with E-state index in [0.717, 1.165) is 24.4 Å². The van der Waals surface area contributed by atoms with Gasteiger partial charge in [-0.05, 0) is 36.9 Å². The smallest absolute Gasteiger partial charge is 0.128 e. The van der Waals surface area contributed by atoms with Gasteiger partial charge in [0.2, 0.25) is 0 Å². The molecule has 1 aromatic rings. The van der Waals surface area contributed by atoms with Crippen molar-refractivity contribution in [2.75, 3.05) is 33.9 Å². The van der Waals surface area contributed by atoms with Crippen LogP contribution in [-0.2, 0) is 0 Å². The van der Waals surface area contributed by atoms with Crippen LogP contribution in [0.25, 0.3) is 0 Å². The fraction of sp³-hybridized carbons (Fsp3) is 0.647. The van der Waals surface area contributed by atoms with Crippen LogP contribution in [0, 0.1) is 5.41 Å². The highest BCUT2D eigenvalue weighted by Crippen LogP contribution is 2.32. The van der Waals surface area contributed by atoms with Crippen LogP contribution in [0.3, 0.4) is 0 Å². The van der Waals surface area contributed by atoms with Crippen LogP contribution in [0.15, 0.2) is 18.2 Å². The zero-order chi connectivity index (χ0) is 15.5. The van der Waals surface area contributed by atoms with Gasteiger partial charge < -0.3 is 14.6 Å². The first-order valence-corrected chi connectivity index (χ1v) is 7.57. The van der Waals surface area contributed by atoms with Gasteiger partial charge in [0.1, 0.15) is 11.5 Å². The Kier molecular flexibility index (Phi) is 5.12. The van der Waals surface area contributed by atoms with Crippen LogP contribution in [0.2, 0.25) is 0 Å². The molecule has 0 spiro atoms. The Morgan fingerprint density at radius 3 is 2.67 bits per heavy atom. The SMILES string of the molecule is COc1ccc(C(O)CN2CCCC(C)(C)C2)c(OC)c1. The summed E-state index contributed by atoms with van der Waals surface area (Å²) < 4.78 is 10.6. The molecule has 21 heavy (non-hydrogen) atoms. The van der Waals surface area contributed by atoms with E-state index in [1.807, 2.05) is 18.2 Å². The van der Waals surface area contributed by atoms with Gasteiger partial charge in [0.25, 0.3) is 0 Å². The van der Waals surface area contributed by atoms with Gasteiger partial charge in [-0.2, -0.15) is 0 Å². The third-order valence-corrected chi connectivity index (χ3v) is 4.21. The third kappa shape index (κ3) is 4.11. The van der Waals surface area contributed by atoms with Crippen molar-refractivity contribution in [3.8, 4) is 11.5 Å². The minimum Gasteiger partial charge on any atom is -0.497 e. The molecule has 118 valence electrons. The third-order valence-electron chi connectivity index (χ3n) is 4.21. The Balaban J connectivity index is 2.07. The topological polar surface area (TPSA) is 41.9 Å². The van der Waals surface area contributed by atoms with Crippen molar-refractivity contribution < 1.29 is 14.6 Å². The average molecular weight is 293 g/mol. The molecule has 0 radical (unpaired) electrons. The molecule has 1 saturated heterocycles. The number of aliphatic hydroxyl groups is 1. The molecule has 0 amide bonds. The number of hydrogen-bond donors (Lipinski definition) is 1. The van der Waals surface area contributed by atoms with Gasteiger partial charge in [0.15, 0.2) is 0 Å². The van der Waals surface area contributed by atoms with Crippen LogP contribution >= 0.6 is 0 Å². The summed E-state index contributed by atoms with van der Waals surface area (Å²) in [7, 11) is 3.25. The van der Waals surface area contributed by atoms with Crippen LogP contribution in [0.5, 0.6) is 11.5 Å². The number of nitrogens with zero attached hydrogens (tertiary/aromatic N) is 1. The summed E-state index contributed by atoms with van der Waals surface area (Å²) in [4.78, 5) is 2.35. The van der Waals surface area contributed by atoms with Crippen molar-refractivity contribution in [3.63, 3.8) is 0 Å². The summed E-state index contributed by atoms with van der Waals surface area (Å²) in [5, 5.41) is 10.6. The largest absolute Gasteiger partial charge is 0.497 e. The lowest BCUT2D eigenvalue weighted by Crippen LogP contribution is -2.42. The molecule has 0 saturated carbocycles. The van der Waals surface area contributed by atoms with Crippen LogP contribution in [0.1, 0.15) is 38.4 Å². The second-order valence-corrected chi connectivity index (χ2v) is 6.63. The highest BCUT2D eigenvalue weighted by Gasteiger charge is 2.28. The number of hydrogen-bond acceptors (Lipinski definition) is 4. The number of rotatable bonds is 5. The first kappa shape index (κ1) is 16.1. The van der Waals surface area contributed by atoms with Crippen LogP contribution in [-0.4, -0.2) is 43.9 Å². The summed E-state index contributed by atoms with van der Waals surface area (Å²) in [5.41, 5.74) is 1.16. The molecule has 1 aromatic carbocycles. The summed E-state index contributed by atoms with van der Waals surface area (Å²) in [5.74, 6) is 1.42. The summed E-state index contributed by atoms with van der Waals surface area (Å²) in [6.45, 7) is 7.31. The lowest BCUT2D eigenvalue weighted by atomic mass is 9.84. The average Bonchev–Trinajstić information content (AvgIpc) is 2.45. The molecular weight excluding hydrogens is 266 g/mol. The van der Waals surface area contributed by atoms with Crippen LogP contribution in [0.4, 0.5) is 0 Å². The van der Waals surface area contributed by atoms with Crippen molar-refractivity contribution >= 4 is 0 Å². The molecule has 0 aromatic heterocycles. The highest BCUT2D eigenvalue weighted by atomic mass is 16.5. The molecule has 2 rings (SSSR count). The van der Waals surface area contributed by atoms with Crippen molar-refractivity contribution in [1.29, 1.82) is 0 Å². The fourth-order valence-corrected chi connectivity index (χ4v) is 3.14. The van der Waals surface area contributed by atoms with Crippen LogP contribution < -0.4 is 9.47 Å². The number of benzene rings is 1. The minimum atomic E-state index is -0.542. The van der Waals surface area contributed by atoms with Gasteiger partial charge in [-0.25, -0.2) is 0 Å². The summed E-state index contributed by atoms with van der Waals surface area (Å²) in [6.07, 6.45) is 1.91. The molecule has 1 heterocycles. The standard InChI is InChI=1S/C17H27NO3/c1-17(2)8-5-9-18(12-17)11-15(19)14-7-6-13(20-3)10-16(14)21-4/h6-7,10,15,19H,5,8-9,11-12H2,1-4H3. The van der Waals surface area contributed by atoms with E-state index in [-0.39, 0.29) is 0 Å². The van der Waals surface area contributed by atoms with E-state index >= 15 is 0 Å². The number of methoxy groups -OCH3 is 2. The lowest BCUT2D eigenvalue weighted by Gasteiger charge is -2.39. The maximum absolute atomic E-state index is 10.6. The van der Waals surface area contributed by atoms with Crippen molar-refractivity contribution in [3.05, 3.63) is 23.8 Å². The van der Waals surface area contributed by atoms with E-state index in [0.29, 0.717) is 17.7 Å². The minimum absolute atomic E-state index is 0.335. The zero-order valence-electron chi connectivity index (χ0n) is 13.6. The predicted molar refractivity (Wildman–Crippen MR) is 84.0 cm³/mol. The zero-order valence-corrected chi connectivity index (χ0v) is 13.6. The van der Waals surface area contributed by atoms with Gasteiger partial charge in [-0.1, -0.05) is 13.8 Å². The van der Waals surface area contributed by atoms with E-state index in [1.54, 1.807) is 14.2 Å². The molecular formula is C17H27NO3. The number of ether oxygens (including phenoxy) is 2. The molecule has 0 aliphatic carbocycles. The van der Waals surface area contributed by atoms with Gasteiger partial charge in [0, 0.05) is 24.7 Å².